The van der Waals surface area contributed by atoms with Gasteiger partial charge in [-0.15, -0.1) is 0 Å². The molecule has 0 aromatic heterocycles. The van der Waals surface area contributed by atoms with Crippen molar-refractivity contribution in [2.45, 2.75) is 81.5 Å². The molecule has 6 heteroatoms. The van der Waals surface area contributed by atoms with Crippen molar-refractivity contribution in [2.75, 3.05) is 13.2 Å². The molecule has 2 heterocycles. The normalized spacial score (nSPS) is 44.0. The Morgan fingerprint density at radius 3 is 1.78 bits per heavy atom. The highest BCUT2D eigenvalue weighted by Crippen LogP contribution is 2.42. The van der Waals surface area contributed by atoms with Crippen LogP contribution in [0.3, 0.4) is 0 Å². The van der Waals surface area contributed by atoms with Gasteiger partial charge in [-0.2, -0.15) is 0 Å². The SMILES string of the molecule is O=C(OC1CCC2(CCOO2)CC1)C1CCC2(CCOO2)CC1. The molecule has 0 aromatic carbocycles. The van der Waals surface area contributed by atoms with Crippen molar-refractivity contribution in [1.82, 2.24) is 0 Å². The van der Waals surface area contributed by atoms with Crippen LogP contribution in [0.2, 0.25) is 0 Å². The minimum Gasteiger partial charge on any atom is -0.462 e. The standard InChI is InChI=1S/C17H26O6/c18-15(13-1-5-16(6-2-13)9-11-19-22-16)21-14-3-7-17(8-4-14)10-12-20-23-17/h13-14H,1-12H2. The molecule has 0 N–H and O–H groups in total. The molecule has 0 unspecified atom stereocenters. The molecule has 130 valence electrons. The quantitative estimate of drug-likeness (QED) is 0.574. The topological polar surface area (TPSA) is 63.2 Å². The van der Waals surface area contributed by atoms with Gasteiger partial charge in [-0.1, -0.05) is 0 Å². The Balaban J connectivity index is 1.23. The molecule has 4 fully saturated rings. The smallest absolute Gasteiger partial charge is 0.309 e. The number of hydrogen-bond donors (Lipinski definition) is 0. The zero-order valence-corrected chi connectivity index (χ0v) is 13.6. The predicted molar refractivity (Wildman–Crippen MR) is 79.1 cm³/mol. The molecule has 2 spiro atoms. The highest BCUT2D eigenvalue weighted by molar-refractivity contribution is 5.72. The van der Waals surface area contributed by atoms with Crippen LogP contribution in [0.15, 0.2) is 0 Å². The lowest BCUT2D eigenvalue weighted by Crippen LogP contribution is -2.39. The lowest BCUT2D eigenvalue weighted by molar-refractivity contribution is -0.317. The van der Waals surface area contributed by atoms with E-state index in [1.807, 2.05) is 0 Å². The van der Waals surface area contributed by atoms with Crippen LogP contribution in [0.25, 0.3) is 0 Å². The molecular weight excluding hydrogens is 300 g/mol. The first kappa shape index (κ1) is 15.8. The molecule has 0 bridgehead atoms. The van der Waals surface area contributed by atoms with E-state index < -0.39 is 0 Å². The summed E-state index contributed by atoms with van der Waals surface area (Å²) >= 11 is 0. The number of carbonyl (C=O) groups excluding carboxylic acids is 1. The van der Waals surface area contributed by atoms with E-state index in [2.05, 4.69) is 0 Å². The Hall–Kier alpha value is -0.690. The zero-order chi connectivity index (χ0) is 15.8. The van der Waals surface area contributed by atoms with Gasteiger partial charge in [0.25, 0.3) is 0 Å². The average Bonchev–Trinajstić information content (AvgIpc) is 3.21. The Kier molecular flexibility index (Phi) is 4.34. The maximum atomic E-state index is 12.4. The van der Waals surface area contributed by atoms with Crippen molar-refractivity contribution in [1.29, 1.82) is 0 Å². The summed E-state index contributed by atoms with van der Waals surface area (Å²) in [4.78, 5) is 33.4. The third kappa shape index (κ3) is 3.27. The minimum atomic E-state index is -0.131. The van der Waals surface area contributed by atoms with E-state index in [4.69, 9.17) is 24.3 Å². The van der Waals surface area contributed by atoms with Gasteiger partial charge in [-0.3, -0.25) is 4.79 Å². The molecule has 0 radical (unpaired) electrons. The van der Waals surface area contributed by atoms with Crippen LogP contribution in [0, 0.1) is 5.92 Å². The summed E-state index contributed by atoms with van der Waals surface area (Å²) in [5.41, 5.74) is -0.242. The fraction of sp³-hybridized carbons (Fsp3) is 0.941. The second-order valence-electron chi connectivity index (χ2n) is 7.59. The van der Waals surface area contributed by atoms with Gasteiger partial charge >= 0.3 is 5.97 Å². The Morgan fingerprint density at radius 2 is 1.30 bits per heavy atom. The molecule has 4 rings (SSSR count). The fourth-order valence-corrected chi connectivity index (χ4v) is 4.41. The maximum Gasteiger partial charge on any atom is 0.309 e. The molecule has 0 aromatic rings. The predicted octanol–water partition coefficient (Wildman–Crippen LogP) is 2.84. The van der Waals surface area contributed by atoms with Crippen molar-refractivity contribution < 1.29 is 29.1 Å². The van der Waals surface area contributed by atoms with Crippen LogP contribution in [0.5, 0.6) is 0 Å². The van der Waals surface area contributed by atoms with Gasteiger partial charge < -0.3 is 4.74 Å². The van der Waals surface area contributed by atoms with Crippen LogP contribution in [0.4, 0.5) is 0 Å². The Morgan fingerprint density at radius 1 is 0.783 bits per heavy atom. The van der Waals surface area contributed by atoms with Gasteiger partial charge in [0.05, 0.1) is 19.1 Å². The third-order valence-electron chi connectivity index (χ3n) is 6.11. The van der Waals surface area contributed by atoms with Crippen LogP contribution in [0.1, 0.15) is 64.2 Å². The highest BCUT2D eigenvalue weighted by Gasteiger charge is 2.44. The van der Waals surface area contributed by atoms with Crippen LogP contribution in [-0.4, -0.2) is 36.5 Å². The van der Waals surface area contributed by atoms with E-state index in [0.29, 0.717) is 13.2 Å². The summed E-state index contributed by atoms with van der Waals surface area (Å²) in [7, 11) is 0. The van der Waals surface area contributed by atoms with E-state index >= 15 is 0 Å². The first-order valence-electron chi connectivity index (χ1n) is 9.01. The van der Waals surface area contributed by atoms with Crippen molar-refractivity contribution >= 4 is 5.97 Å². The van der Waals surface area contributed by atoms with Crippen molar-refractivity contribution in [2.24, 2.45) is 5.92 Å². The average molecular weight is 326 g/mol. The van der Waals surface area contributed by atoms with Crippen LogP contribution in [-0.2, 0) is 29.1 Å². The maximum absolute atomic E-state index is 12.4. The summed E-state index contributed by atoms with van der Waals surface area (Å²) in [5.74, 6) is -0.00455. The molecule has 23 heavy (non-hydrogen) atoms. The first-order valence-corrected chi connectivity index (χ1v) is 9.01. The summed E-state index contributed by atoms with van der Waals surface area (Å²) in [6.45, 7) is 1.35. The fourth-order valence-electron chi connectivity index (χ4n) is 4.41. The summed E-state index contributed by atoms with van der Waals surface area (Å²) < 4.78 is 5.78. The first-order chi connectivity index (χ1) is 11.2. The number of hydrogen-bond acceptors (Lipinski definition) is 6. The number of rotatable bonds is 2. The van der Waals surface area contributed by atoms with Crippen molar-refractivity contribution in [3.63, 3.8) is 0 Å². The zero-order valence-electron chi connectivity index (χ0n) is 13.6. The van der Waals surface area contributed by atoms with Crippen LogP contribution >= 0.6 is 0 Å². The second kappa shape index (κ2) is 6.31. The van der Waals surface area contributed by atoms with Gasteiger partial charge in [-0.25, -0.2) is 19.6 Å². The third-order valence-corrected chi connectivity index (χ3v) is 6.11. The number of ether oxygens (including phenoxy) is 1. The molecule has 2 aliphatic carbocycles. The minimum absolute atomic E-state index is 0.0202. The van der Waals surface area contributed by atoms with E-state index in [-0.39, 0.29) is 29.2 Å². The molecule has 4 aliphatic rings. The Bertz CT molecular complexity index is 418. The number of esters is 1. The van der Waals surface area contributed by atoms with Crippen LogP contribution < -0.4 is 0 Å². The Labute approximate surface area is 136 Å². The molecular formula is C17H26O6. The molecule has 2 saturated heterocycles. The van der Waals surface area contributed by atoms with Gasteiger partial charge in [-0.05, 0) is 51.4 Å². The number of carbonyl (C=O) groups is 1. The van der Waals surface area contributed by atoms with E-state index in [1.54, 1.807) is 0 Å². The van der Waals surface area contributed by atoms with E-state index in [1.165, 1.54) is 0 Å². The lowest BCUT2D eigenvalue weighted by Gasteiger charge is -2.36. The summed E-state index contributed by atoms with van der Waals surface area (Å²) in [6.07, 6.45) is 9.02. The van der Waals surface area contributed by atoms with E-state index in [0.717, 1.165) is 64.2 Å². The van der Waals surface area contributed by atoms with Gasteiger partial charge in [0, 0.05) is 12.8 Å². The highest BCUT2D eigenvalue weighted by atomic mass is 17.2. The largest absolute Gasteiger partial charge is 0.462 e. The molecule has 6 nitrogen and oxygen atoms in total. The lowest BCUT2D eigenvalue weighted by atomic mass is 9.77. The van der Waals surface area contributed by atoms with Gasteiger partial charge in [0.2, 0.25) is 0 Å². The van der Waals surface area contributed by atoms with E-state index in [9.17, 15) is 4.79 Å². The molecule has 2 aliphatic heterocycles. The second-order valence-corrected chi connectivity index (χ2v) is 7.59. The summed E-state index contributed by atoms with van der Waals surface area (Å²) in [6, 6.07) is 0. The summed E-state index contributed by atoms with van der Waals surface area (Å²) in [5, 5.41) is 0. The molecule has 0 atom stereocenters. The van der Waals surface area contributed by atoms with Gasteiger partial charge in [0.15, 0.2) is 0 Å². The van der Waals surface area contributed by atoms with Crippen molar-refractivity contribution in [3.8, 4) is 0 Å². The van der Waals surface area contributed by atoms with Crippen molar-refractivity contribution in [3.05, 3.63) is 0 Å². The molecule has 0 amide bonds. The monoisotopic (exact) mass is 326 g/mol. The van der Waals surface area contributed by atoms with Gasteiger partial charge in [0.1, 0.15) is 17.3 Å². The molecule has 2 saturated carbocycles.